The summed E-state index contributed by atoms with van der Waals surface area (Å²) in [6.07, 6.45) is 0. The summed E-state index contributed by atoms with van der Waals surface area (Å²) in [7, 11) is 0. The maximum atomic E-state index is 13.6. The zero-order valence-electron chi connectivity index (χ0n) is 10.6. The molecule has 3 rings (SSSR count). The van der Waals surface area contributed by atoms with Gasteiger partial charge in [0.15, 0.2) is 0 Å². The fraction of sp³-hybridized carbons (Fsp3) is 0.0714. The highest BCUT2D eigenvalue weighted by atomic mass is 79.9. The van der Waals surface area contributed by atoms with Crippen LogP contribution in [0, 0.1) is 5.82 Å². The molecule has 0 saturated heterocycles. The smallest absolute Gasteiger partial charge is 0.320 e. The molecule has 1 heterocycles. The minimum absolute atomic E-state index is 0.000408. The van der Waals surface area contributed by atoms with E-state index in [2.05, 4.69) is 25.9 Å². The largest absolute Gasteiger partial charge is 0.323 e. The molecular weight excluding hydrogens is 361 g/mol. The molecule has 0 aliphatic carbocycles. The van der Waals surface area contributed by atoms with Crippen LogP contribution in [0.3, 0.4) is 0 Å². The summed E-state index contributed by atoms with van der Waals surface area (Å²) in [6, 6.07) is 7.37. The van der Waals surface area contributed by atoms with E-state index in [-0.39, 0.29) is 10.7 Å². The summed E-state index contributed by atoms with van der Waals surface area (Å²) >= 11 is 9.39. The standard InChI is InChI=1S/C14H10BrClFN3O/c15-8-5-11-10(19-14(21)20-11)4-7(8)13(18)6-2-1-3-9(17)12(6)16/h1-5,13H,18H2,(H2,19,20,21). The average molecular weight is 371 g/mol. The molecule has 0 bridgehead atoms. The summed E-state index contributed by atoms with van der Waals surface area (Å²) in [5.74, 6) is -0.517. The second-order valence-electron chi connectivity index (χ2n) is 4.62. The number of fused-ring (bicyclic) bond motifs is 1. The van der Waals surface area contributed by atoms with E-state index in [0.717, 1.165) is 0 Å². The van der Waals surface area contributed by atoms with Crippen molar-refractivity contribution < 1.29 is 4.39 Å². The van der Waals surface area contributed by atoms with Gasteiger partial charge in [-0.3, -0.25) is 0 Å². The predicted octanol–water partition coefficient (Wildman–Crippen LogP) is 3.46. The first-order valence-corrected chi connectivity index (χ1v) is 7.25. The van der Waals surface area contributed by atoms with Crippen LogP contribution < -0.4 is 11.4 Å². The Hall–Kier alpha value is -1.63. The van der Waals surface area contributed by atoms with Crippen molar-refractivity contribution in [2.45, 2.75) is 6.04 Å². The summed E-state index contributed by atoms with van der Waals surface area (Å²) in [4.78, 5) is 16.6. The Balaban J connectivity index is 2.16. The number of benzene rings is 2. The van der Waals surface area contributed by atoms with E-state index in [1.165, 1.54) is 6.07 Å². The topological polar surface area (TPSA) is 74.7 Å². The van der Waals surface area contributed by atoms with Crippen LogP contribution >= 0.6 is 27.5 Å². The molecule has 108 valence electrons. The van der Waals surface area contributed by atoms with Crippen LogP contribution in [-0.2, 0) is 0 Å². The molecule has 4 N–H and O–H groups in total. The van der Waals surface area contributed by atoms with Crippen LogP contribution in [0.15, 0.2) is 39.6 Å². The zero-order valence-corrected chi connectivity index (χ0v) is 12.9. The number of hydrogen-bond donors (Lipinski definition) is 3. The van der Waals surface area contributed by atoms with Crippen molar-refractivity contribution in [3.05, 3.63) is 67.3 Å². The van der Waals surface area contributed by atoms with Gasteiger partial charge in [0.1, 0.15) is 5.82 Å². The van der Waals surface area contributed by atoms with Crippen molar-refractivity contribution in [3.8, 4) is 0 Å². The van der Waals surface area contributed by atoms with Crippen LogP contribution in [0.4, 0.5) is 4.39 Å². The molecule has 3 aromatic rings. The van der Waals surface area contributed by atoms with E-state index in [4.69, 9.17) is 17.3 Å². The van der Waals surface area contributed by atoms with Crippen molar-refractivity contribution >= 4 is 38.6 Å². The highest BCUT2D eigenvalue weighted by molar-refractivity contribution is 9.10. The summed E-state index contributed by atoms with van der Waals surface area (Å²) < 4.78 is 14.3. The number of imidazole rings is 1. The van der Waals surface area contributed by atoms with Crippen molar-refractivity contribution in [3.63, 3.8) is 0 Å². The third-order valence-corrected chi connectivity index (χ3v) is 4.37. The van der Waals surface area contributed by atoms with Gasteiger partial charge in [-0.15, -0.1) is 0 Å². The van der Waals surface area contributed by atoms with E-state index in [9.17, 15) is 9.18 Å². The molecule has 1 aromatic heterocycles. The Morgan fingerprint density at radius 1 is 1.19 bits per heavy atom. The number of aromatic amines is 2. The van der Waals surface area contributed by atoms with E-state index < -0.39 is 11.9 Å². The second kappa shape index (κ2) is 5.29. The fourth-order valence-electron chi connectivity index (χ4n) is 2.24. The molecule has 7 heteroatoms. The average Bonchev–Trinajstić information content (AvgIpc) is 2.79. The SMILES string of the molecule is NC(c1cc2[nH]c(=O)[nH]c2cc1Br)c1cccc(F)c1Cl. The molecule has 2 aromatic carbocycles. The maximum Gasteiger partial charge on any atom is 0.323 e. The van der Waals surface area contributed by atoms with Crippen LogP contribution in [0.25, 0.3) is 11.0 Å². The number of nitrogens with two attached hydrogens (primary N) is 1. The van der Waals surface area contributed by atoms with Gasteiger partial charge in [-0.25, -0.2) is 9.18 Å². The lowest BCUT2D eigenvalue weighted by atomic mass is 9.99. The molecule has 0 amide bonds. The molecule has 4 nitrogen and oxygen atoms in total. The molecule has 0 aliphatic rings. The monoisotopic (exact) mass is 369 g/mol. The first-order valence-electron chi connectivity index (χ1n) is 6.08. The quantitative estimate of drug-likeness (QED) is 0.646. The Morgan fingerprint density at radius 3 is 2.57 bits per heavy atom. The lowest BCUT2D eigenvalue weighted by Gasteiger charge is -2.16. The zero-order chi connectivity index (χ0) is 15.1. The van der Waals surface area contributed by atoms with Crippen LogP contribution in [0.5, 0.6) is 0 Å². The second-order valence-corrected chi connectivity index (χ2v) is 5.85. The van der Waals surface area contributed by atoms with Gasteiger partial charge in [0.2, 0.25) is 0 Å². The number of rotatable bonds is 2. The molecule has 0 radical (unpaired) electrons. The van der Waals surface area contributed by atoms with Crippen LogP contribution in [0.2, 0.25) is 5.02 Å². The highest BCUT2D eigenvalue weighted by Crippen LogP contribution is 2.33. The van der Waals surface area contributed by atoms with Gasteiger partial charge in [0, 0.05) is 4.47 Å². The van der Waals surface area contributed by atoms with Crippen molar-refractivity contribution in [1.29, 1.82) is 0 Å². The minimum atomic E-state index is -0.620. The van der Waals surface area contributed by atoms with Gasteiger partial charge < -0.3 is 15.7 Å². The number of hydrogen-bond acceptors (Lipinski definition) is 2. The molecular formula is C14H10BrClFN3O. The molecule has 0 fully saturated rings. The predicted molar refractivity (Wildman–Crippen MR) is 84.1 cm³/mol. The molecule has 0 saturated carbocycles. The van der Waals surface area contributed by atoms with Crippen LogP contribution in [0.1, 0.15) is 17.2 Å². The Bertz CT molecular complexity index is 890. The lowest BCUT2D eigenvalue weighted by molar-refractivity contribution is 0.624. The maximum absolute atomic E-state index is 13.6. The first kappa shape index (κ1) is 14.3. The van der Waals surface area contributed by atoms with Crippen LogP contribution in [-0.4, -0.2) is 9.97 Å². The number of halogens is 3. The van der Waals surface area contributed by atoms with E-state index in [0.29, 0.717) is 26.6 Å². The van der Waals surface area contributed by atoms with Gasteiger partial charge in [0.25, 0.3) is 0 Å². The molecule has 1 unspecified atom stereocenters. The highest BCUT2D eigenvalue weighted by Gasteiger charge is 2.18. The summed E-state index contributed by atoms with van der Waals surface area (Å²) in [6.45, 7) is 0. The number of nitrogens with one attached hydrogen (secondary N) is 2. The van der Waals surface area contributed by atoms with Crippen molar-refractivity contribution in [2.24, 2.45) is 5.73 Å². The fourth-order valence-corrected chi connectivity index (χ4v) is 3.07. The first-order chi connectivity index (χ1) is 9.97. The van der Waals surface area contributed by atoms with Gasteiger partial charge >= 0.3 is 5.69 Å². The summed E-state index contributed by atoms with van der Waals surface area (Å²) in [5.41, 5.74) is 8.37. The molecule has 1 atom stereocenters. The Labute approximate surface area is 132 Å². The van der Waals surface area contributed by atoms with Crippen molar-refractivity contribution in [2.75, 3.05) is 0 Å². The van der Waals surface area contributed by atoms with Gasteiger partial charge in [-0.05, 0) is 29.3 Å². The minimum Gasteiger partial charge on any atom is -0.320 e. The Morgan fingerprint density at radius 2 is 1.86 bits per heavy atom. The number of aromatic nitrogens is 2. The number of H-pyrrole nitrogens is 2. The van der Waals surface area contributed by atoms with Gasteiger partial charge in [-0.1, -0.05) is 39.7 Å². The van der Waals surface area contributed by atoms with E-state index in [1.807, 2.05) is 0 Å². The Kier molecular flexibility index (Phi) is 3.61. The third kappa shape index (κ3) is 2.50. The molecule has 21 heavy (non-hydrogen) atoms. The van der Waals surface area contributed by atoms with Crippen molar-refractivity contribution in [1.82, 2.24) is 9.97 Å². The molecule has 0 aliphatic heterocycles. The molecule has 0 spiro atoms. The lowest BCUT2D eigenvalue weighted by Crippen LogP contribution is -2.13. The van der Waals surface area contributed by atoms with Gasteiger partial charge in [0.05, 0.1) is 22.1 Å². The van der Waals surface area contributed by atoms with Gasteiger partial charge in [-0.2, -0.15) is 0 Å². The normalized spacial score (nSPS) is 12.8. The summed E-state index contributed by atoms with van der Waals surface area (Å²) in [5, 5.41) is -0.000408. The van der Waals surface area contributed by atoms with E-state index >= 15 is 0 Å². The third-order valence-electron chi connectivity index (χ3n) is 3.28. The van der Waals surface area contributed by atoms with E-state index in [1.54, 1.807) is 24.3 Å².